The van der Waals surface area contributed by atoms with Crippen molar-refractivity contribution in [2.75, 3.05) is 39.6 Å². The number of hydrogen-bond acceptors (Lipinski definition) is 3. The van der Waals surface area contributed by atoms with Gasteiger partial charge in [0.1, 0.15) is 0 Å². The van der Waals surface area contributed by atoms with Gasteiger partial charge in [-0.25, -0.2) is 0 Å². The number of nitrogens with zero attached hydrogens (tertiary/aromatic N) is 2. The highest BCUT2D eigenvalue weighted by Gasteiger charge is 2.34. The van der Waals surface area contributed by atoms with E-state index in [1.807, 2.05) is 14.1 Å². The fourth-order valence-corrected chi connectivity index (χ4v) is 3.56. The number of nitrogens with one attached hydrogen (secondary N) is 1. The molecule has 0 atom stereocenters. The van der Waals surface area contributed by atoms with E-state index in [0.29, 0.717) is 6.42 Å². The lowest BCUT2D eigenvalue weighted by molar-refractivity contribution is -0.121. The minimum Gasteiger partial charge on any atom is -0.378 e. The zero-order valence-electron chi connectivity index (χ0n) is 15.8. The maximum atomic E-state index is 12.3. The van der Waals surface area contributed by atoms with Gasteiger partial charge in [-0.05, 0) is 51.1 Å². The van der Waals surface area contributed by atoms with Crippen molar-refractivity contribution in [3.05, 3.63) is 29.8 Å². The van der Waals surface area contributed by atoms with Crippen molar-refractivity contribution in [2.45, 2.75) is 50.5 Å². The van der Waals surface area contributed by atoms with Crippen LogP contribution in [0, 0.1) is 0 Å². The van der Waals surface area contributed by atoms with E-state index in [1.165, 1.54) is 43.4 Å². The summed E-state index contributed by atoms with van der Waals surface area (Å²) in [6.45, 7) is 0.776. The maximum Gasteiger partial charge on any atom is 0.220 e. The van der Waals surface area contributed by atoms with E-state index >= 15 is 0 Å². The molecule has 0 spiro atoms. The van der Waals surface area contributed by atoms with Crippen molar-refractivity contribution in [3.8, 4) is 0 Å². The second-order valence-corrected chi connectivity index (χ2v) is 7.52. The first-order valence-electron chi connectivity index (χ1n) is 9.13. The Morgan fingerprint density at radius 3 is 2.21 bits per heavy atom. The van der Waals surface area contributed by atoms with Crippen LogP contribution >= 0.6 is 0 Å². The molecule has 0 unspecified atom stereocenters. The molecule has 0 radical (unpaired) electrons. The van der Waals surface area contributed by atoms with Gasteiger partial charge in [-0.3, -0.25) is 4.79 Å². The van der Waals surface area contributed by atoms with Crippen molar-refractivity contribution < 1.29 is 4.79 Å². The number of aryl methyl sites for hydroxylation is 1. The van der Waals surface area contributed by atoms with Crippen LogP contribution in [0.25, 0.3) is 0 Å². The summed E-state index contributed by atoms with van der Waals surface area (Å²) in [4.78, 5) is 16.7. The molecule has 1 aliphatic rings. The smallest absolute Gasteiger partial charge is 0.220 e. The van der Waals surface area contributed by atoms with Crippen LogP contribution in [0.2, 0.25) is 0 Å². The second kappa shape index (κ2) is 8.52. The molecule has 1 aromatic rings. The fraction of sp³-hybridized carbons (Fsp3) is 0.650. The molecule has 1 N–H and O–H groups in total. The topological polar surface area (TPSA) is 35.6 Å². The van der Waals surface area contributed by atoms with Crippen LogP contribution in [0.4, 0.5) is 5.69 Å². The summed E-state index contributed by atoms with van der Waals surface area (Å²) in [5, 5.41) is 3.19. The number of likely N-dealkylation sites (N-methyl/N-ethyl adjacent to an activating group) is 1. The first-order valence-corrected chi connectivity index (χ1v) is 9.13. The first-order chi connectivity index (χ1) is 11.4. The van der Waals surface area contributed by atoms with Crippen LogP contribution in [0.1, 0.15) is 44.1 Å². The predicted molar refractivity (Wildman–Crippen MR) is 102 cm³/mol. The van der Waals surface area contributed by atoms with E-state index < -0.39 is 0 Å². The Hall–Kier alpha value is -1.55. The van der Waals surface area contributed by atoms with Crippen LogP contribution in [-0.2, 0) is 11.2 Å². The average Bonchev–Trinajstić information content (AvgIpc) is 2.59. The Morgan fingerprint density at radius 1 is 1.04 bits per heavy atom. The van der Waals surface area contributed by atoms with Crippen molar-refractivity contribution in [2.24, 2.45) is 0 Å². The standard InChI is InChI=1S/C20H33N3O/c1-22(2)18-11-8-17(9-12-18)10-13-19(24)21-16-20(23(3)4)14-6-5-7-15-20/h8-9,11-12H,5-7,10,13-16H2,1-4H3,(H,21,24). The zero-order valence-corrected chi connectivity index (χ0v) is 15.8. The molecule has 134 valence electrons. The summed E-state index contributed by atoms with van der Waals surface area (Å²) in [6.07, 6.45) is 7.60. The van der Waals surface area contributed by atoms with Gasteiger partial charge >= 0.3 is 0 Å². The molecule has 0 aliphatic heterocycles. The largest absolute Gasteiger partial charge is 0.378 e. The summed E-state index contributed by atoms with van der Waals surface area (Å²) < 4.78 is 0. The molecule has 4 nitrogen and oxygen atoms in total. The Bertz CT molecular complexity index is 516. The van der Waals surface area contributed by atoms with Crippen molar-refractivity contribution in [1.29, 1.82) is 0 Å². The molecule has 0 aromatic heterocycles. The van der Waals surface area contributed by atoms with Gasteiger partial charge in [0.05, 0.1) is 0 Å². The second-order valence-electron chi connectivity index (χ2n) is 7.52. The molecule has 0 heterocycles. The lowest BCUT2D eigenvalue weighted by atomic mass is 9.80. The van der Waals surface area contributed by atoms with Gasteiger partial charge in [0.25, 0.3) is 0 Å². The quantitative estimate of drug-likeness (QED) is 0.834. The van der Waals surface area contributed by atoms with Crippen molar-refractivity contribution >= 4 is 11.6 Å². The molecule has 1 aliphatic carbocycles. The third-order valence-corrected chi connectivity index (χ3v) is 5.44. The van der Waals surface area contributed by atoms with Crippen LogP contribution in [0.5, 0.6) is 0 Å². The third kappa shape index (κ3) is 4.97. The molecule has 1 fully saturated rings. The predicted octanol–water partition coefficient (Wildman–Crippen LogP) is 3.07. The molecule has 0 bridgehead atoms. The Balaban J connectivity index is 1.80. The minimum absolute atomic E-state index is 0.154. The highest BCUT2D eigenvalue weighted by molar-refractivity contribution is 5.76. The van der Waals surface area contributed by atoms with E-state index in [0.717, 1.165) is 13.0 Å². The van der Waals surface area contributed by atoms with Gasteiger partial charge < -0.3 is 15.1 Å². The molecule has 0 saturated heterocycles. The molecule has 4 heteroatoms. The van der Waals surface area contributed by atoms with Crippen LogP contribution in [-0.4, -0.2) is 51.1 Å². The first kappa shape index (κ1) is 18.8. The molecule has 2 rings (SSSR count). The van der Waals surface area contributed by atoms with Gasteiger partial charge in [-0.2, -0.15) is 0 Å². The number of anilines is 1. The van der Waals surface area contributed by atoms with Crippen LogP contribution in [0.3, 0.4) is 0 Å². The summed E-state index contributed by atoms with van der Waals surface area (Å²) in [5.74, 6) is 0.165. The zero-order chi connectivity index (χ0) is 17.6. The van der Waals surface area contributed by atoms with E-state index in [1.54, 1.807) is 0 Å². The average molecular weight is 332 g/mol. The number of carbonyl (C=O) groups is 1. The minimum atomic E-state index is 0.154. The fourth-order valence-electron chi connectivity index (χ4n) is 3.56. The van der Waals surface area contributed by atoms with E-state index in [4.69, 9.17) is 0 Å². The Morgan fingerprint density at radius 2 is 1.67 bits per heavy atom. The van der Waals surface area contributed by atoms with Gasteiger partial charge in [0, 0.05) is 38.3 Å². The number of benzene rings is 1. The van der Waals surface area contributed by atoms with E-state index in [-0.39, 0.29) is 11.4 Å². The number of amides is 1. The van der Waals surface area contributed by atoms with Gasteiger partial charge in [-0.15, -0.1) is 0 Å². The monoisotopic (exact) mass is 331 g/mol. The summed E-state index contributed by atoms with van der Waals surface area (Å²) in [5.41, 5.74) is 2.56. The summed E-state index contributed by atoms with van der Waals surface area (Å²) in [7, 11) is 8.36. The molecular formula is C20H33N3O. The highest BCUT2D eigenvalue weighted by Crippen LogP contribution is 2.31. The van der Waals surface area contributed by atoms with Gasteiger partial charge in [-0.1, -0.05) is 31.4 Å². The normalized spacial score (nSPS) is 16.9. The molecule has 1 aromatic carbocycles. The molecule has 1 amide bonds. The van der Waals surface area contributed by atoms with Crippen molar-refractivity contribution in [1.82, 2.24) is 10.2 Å². The Labute approximate surface area is 147 Å². The van der Waals surface area contributed by atoms with Crippen LogP contribution in [0.15, 0.2) is 24.3 Å². The highest BCUT2D eigenvalue weighted by atomic mass is 16.1. The van der Waals surface area contributed by atoms with E-state index in [9.17, 15) is 4.79 Å². The summed E-state index contributed by atoms with van der Waals surface area (Å²) >= 11 is 0. The van der Waals surface area contributed by atoms with E-state index in [2.05, 4.69) is 53.5 Å². The molecule has 1 saturated carbocycles. The summed E-state index contributed by atoms with van der Waals surface area (Å²) in [6, 6.07) is 8.45. The Kier molecular flexibility index (Phi) is 6.67. The lowest BCUT2D eigenvalue weighted by Gasteiger charge is -2.43. The number of hydrogen-bond donors (Lipinski definition) is 1. The SMILES string of the molecule is CN(C)c1ccc(CCC(=O)NCC2(N(C)C)CCCCC2)cc1. The van der Waals surface area contributed by atoms with Gasteiger partial charge in [0.2, 0.25) is 5.91 Å². The van der Waals surface area contributed by atoms with Gasteiger partial charge in [0.15, 0.2) is 0 Å². The number of rotatable bonds is 7. The third-order valence-electron chi connectivity index (χ3n) is 5.44. The maximum absolute atomic E-state index is 12.3. The number of carbonyl (C=O) groups excluding carboxylic acids is 1. The molecular weight excluding hydrogens is 298 g/mol. The van der Waals surface area contributed by atoms with Crippen molar-refractivity contribution in [3.63, 3.8) is 0 Å². The van der Waals surface area contributed by atoms with Crippen LogP contribution < -0.4 is 10.2 Å². The lowest BCUT2D eigenvalue weighted by Crippen LogP contribution is -2.53. The molecule has 24 heavy (non-hydrogen) atoms.